The number of carbonyl (C=O) groups is 1. The van der Waals surface area contributed by atoms with Gasteiger partial charge in [-0.05, 0) is 22.0 Å². The molecule has 0 saturated carbocycles. The number of rotatable bonds is 2. The van der Waals surface area contributed by atoms with Crippen LogP contribution in [-0.4, -0.2) is 25.1 Å². The molecule has 0 saturated heterocycles. The van der Waals surface area contributed by atoms with Gasteiger partial charge in [0.2, 0.25) is 0 Å². The minimum absolute atomic E-state index is 0.0360. The molecule has 0 bridgehead atoms. The van der Waals surface area contributed by atoms with Gasteiger partial charge in [-0.15, -0.1) is 0 Å². The summed E-state index contributed by atoms with van der Waals surface area (Å²) >= 11 is 2.92. The quantitative estimate of drug-likeness (QED) is 0.679. The number of hydrogen-bond acceptors (Lipinski definition) is 4. The Labute approximate surface area is 115 Å². The molecule has 2 aromatic rings. The van der Waals surface area contributed by atoms with Gasteiger partial charge in [0, 0.05) is 13.2 Å². The van der Waals surface area contributed by atoms with Gasteiger partial charge >= 0.3 is 5.97 Å². The van der Waals surface area contributed by atoms with Crippen LogP contribution in [-0.2, 0) is 4.74 Å². The molecule has 1 aromatic heterocycles. The summed E-state index contributed by atoms with van der Waals surface area (Å²) in [5.41, 5.74) is 0.0150. The maximum atomic E-state index is 14.1. The number of fused-ring (bicyclic) bond motifs is 1. The van der Waals surface area contributed by atoms with E-state index in [1.54, 1.807) is 0 Å². The van der Waals surface area contributed by atoms with Gasteiger partial charge in [0.25, 0.3) is 0 Å². The second-order valence-corrected chi connectivity index (χ2v) is 4.52. The summed E-state index contributed by atoms with van der Waals surface area (Å²) in [5, 5.41) is 2.58. The number of benzene rings is 1. The van der Waals surface area contributed by atoms with Gasteiger partial charge in [0.1, 0.15) is 16.9 Å². The number of nitrogens with zero attached hydrogens (tertiary/aromatic N) is 1. The lowest BCUT2D eigenvalue weighted by atomic mass is 10.1. The van der Waals surface area contributed by atoms with Crippen molar-refractivity contribution < 1.29 is 18.3 Å². The van der Waals surface area contributed by atoms with E-state index in [1.165, 1.54) is 14.2 Å². The normalized spacial score (nSPS) is 10.6. The summed E-state index contributed by atoms with van der Waals surface area (Å²) in [4.78, 5) is 15.4. The van der Waals surface area contributed by atoms with Crippen molar-refractivity contribution in [2.45, 2.75) is 0 Å². The molecule has 2 rings (SSSR count). The van der Waals surface area contributed by atoms with Crippen LogP contribution in [0.5, 0.6) is 0 Å². The number of anilines is 1. The minimum atomic E-state index is -0.695. The van der Waals surface area contributed by atoms with Gasteiger partial charge < -0.3 is 10.1 Å². The van der Waals surface area contributed by atoms with Crippen molar-refractivity contribution in [1.82, 2.24) is 4.98 Å². The first-order valence-corrected chi connectivity index (χ1v) is 6.02. The van der Waals surface area contributed by atoms with Crippen molar-refractivity contribution in [3.8, 4) is 0 Å². The molecule has 0 aliphatic carbocycles. The van der Waals surface area contributed by atoms with Gasteiger partial charge in [-0.2, -0.15) is 0 Å². The van der Waals surface area contributed by atoms with Gasteiger partial charge in [0.05, 0.1) is 22.7 Å². The Bertz CT molecular complexity index is 677. The molecule has 100 valence electrons. The third-order valence-corrected chi connectivity index (χ3v) is 3.22. The zero-order valence-electron chi connectivity index (χ0n) is 10.1. The third-order valence-electron chi connectivity index (χ3n) is 2.64. The molecule has 0 fully saturated rings. The molecular formula is C12H9BrF2N2O2. The van der Waals surface area contributed by atoms with Crippen LogP contribution >= 0.6 is 15.9 Å². The zero-order valence-corrected chi connectivity index (χ0v) is 11.6. The molecule has 0 amide bonds. The van der Waals surface area contributed by atoms with Crippen molar-refractivity contribution in [1.29, 1.82) is 0 Å². The average Bonchev–Trinajstić information content (AvgIpc) is 2.42. The number of nitrogens with one attached hydrogen (secondary N) is 1. The standard InChI is InChI=1S/C12H9BrF2N2O2/c1-16-10-5(12(18)19-2)4-17-11-7(14)3-6(13)9(15)8(10)11/h3-4H,1-2H3,(H,16,17). The Hall–Kier alpha value is -1.76. The van der Waals surface area contributed by atoms with E-state index in [0.29, 0.717) is 0 Å². The number of aromatic nitrogens is 1. The van der Waals surface area contributed by atoms with Gasteiger partial charge in [-0.3, -0.25) is 4.98 Å². The van der Waals surface area contributed by atoms with Crippen LogP contribution in [0.1, 0.15) is 10.4 Å². The summed E-state index contributed by atoms with van der Waals surface area (Å²) in [5.74, 6) is -2.06. The Morgan fingerprint density at radius 3 is 2.74 bits per heavy atom. The number of hydrogen-bond donors (Lipinski definition) is 1. The molecule has 0 unspecified atom stereocenters. The first-order valence-electron chi connectivity index (χ1n) is 5.23. The largest absolute Gasteiger partial charge is 0.465 e. The number of halogens is 3. The fourth-order valence-electron chi connectivity index (χ4n) is 1.79. The molecule has 7 heteroatoms. The number of ether oxygens (including phenoxy) is 1. The number of carbonyl (C=O) groups excluding carboxylic acids is 1. The molecule has 1 heterocycles. The van der Waals surface area contributed by atoms with Crippen molar-refractivity contribution in [2.24, 2.45) is 0 Å². The molecule has 1 aromatic carbocycles. The second kappa shape index (κ2) is 5.08. The van der Waals surface area contributed by atoms with E-state index in [0.717, 1.165) is 12.3 Å². The molecule has 0 atom stereocenters. The Morgan fingerprint density at radius 2 is 2.16 bits per heavy atom. The first-order chi connectivity index (χ1) is 9.01. The van der Waals surface area contributed by atoms with Crippen molar-refractivity contribution in [2.75, 3.05) is 19.5 Å². The summed E-state index contributed by atoms with van der Waals surface area (Å²) in [6, 6.07) is 0.988. The Balaban J connectivity index is 2.93. The number of pyridine rings is 1. The Morgan fingerprint density at radius 1 is 1.47 bits per heavy atom. The monoisotopic (exact) mass is 330 g/mol. The molecule has 0 aliphatic rings. The van der Waals surface area contributed by atoms with Crippen LogP contribution in [0.3, 0.4) is 0 Å². The molecule has 4 nitrogen and oxygen atoms in total. The van der Waals surface area contributed by atoms with Crippen LogP contribution in [0.4, 0.5) is 14.5 Å². The SMILES string of the molecule is CNc1c(C(=O)OC)cnc2c(F)cc(Br)c(F)c12. The fourth-order valence-corrected chi connectivity index (χ4v) is 2.19. The van der Waals surface area contributed by atoms with E-state index >= 15 is 0 Å². The highest BCUT2D eigenvalue weighted by molar-refractivity contribution is 9.10. The lowest BCUT2D eigenvalue weighted by Gasteiger charge is -2.12. The van der Waals surface area contributed by atoms with Crippen molar-refractivity contribution >= 4 is 38.5 Å². The summed E-state index contributed by atoms with van der Waals surface area (Å²) < 4.78 is 32.4. The maximum Gasteiger partial charge on any atom is 0.341 e. The topological polar surface area (TPSA) is 51.2 Å². The number of methoxy groups -OCH3 is 1. The van der Waals surface area contributed by atoms with E-state index in [4.69, 9.17) is 0 Å². The molecule has 0 aliphatic heterocycles. The van der Waals surface area contributed by atoms with Gasteiger partial charge in [0.15, 0.2) is 5.82 Å². The van der Waals surface area contributed by atoms with Crippen LogP contribution in [0.15, 0.2) is 16.7 Å². The fraction of sp³-hybridized carbons (Fsp3) is 0.167. The van der Waals surface area contributed by atoms with Crippen LogP contribution < -0.4 is 5.32 Å². The maximum absolute atomic E-state index is 14.1. The van der Waals surface area contributed by atoms with Crippen molar-refractivity contribution in [3.63, 3.8) is 0 Å². The highest BCUT2D eigenvalue weighted by atomic mass is 79.9. The lowest BCUT2D eigenvalue weighted by Crippen LogP contribution is -2.08. The smallest absolute Gasteiger partial charge is 0.341 e. The van der Waals surface area contributed by atoms with Gasteiger partial charge in [-0.25, -0.2) is 13.6 Å². The molecule has 0 radical (unpaired) electrons. The van der Waals surface area contributed by atoms with Crippen LogP contribution in [0.25, 0.3) is 10.9 Å². The summed E-state index contributed by atoms with van der Waals surface area (Å²) in [6.45, 7) is 0. The van der Waals surface area contributed by atoms with Crippen LogP contribution in [0.2, 0.25) is 0 Å². The average molecular weight is 331 g/mol. The third kappa shape index (κ3) is 2.14. The summed E-state index contributed by atoms with van der Waals surface area (Å²) in [7, 11) is 2.70. The van der Waals surface area contributed by atoms with E-state index in [9.17, 15) is 13.6 Å². The summed E-state index contributed by atoms with van der Waals surface area (Å²) in [6.07, 6.45) is 1.15. The highest BCUT2D eigenvalue weighted by Crippen LogP contribution is 2.33. The van der Waals surface area contributed by atoms with Gasteiger partial charge in [-0.1, -0.05) is 0 Å². The lowest BCUT2D eigenvalue weighted by molar-refractivity contribution is 0.0601. The molecule has 0 spiro atoms. The second-order valence-electron chi connectivity index (χ2n) is 3.67. The van der Waals surface area contributed by atoms with E-state index in [2.05, 4.69) is 31.0 Å². The highest BCUT2D eigenvalue weighted by Gasteiger charge is 2.21. The zero-order chi connectivity index (χ0) is 14.2. The minimum Gasteiger partial charge on any atom is -0.465 e. The molecule has 19 heavy (non-hydrogen) atoms. The molecular weight excluding hydrogens is 322 g/mol. The molecule has 1 N–H and O–H groups in total. The van der Waals surface area contributed by atoms with E-state index in [-0.39, 0.29) is 26.6 Å². The predicted octanol–water partition coefficient (Wildman–Crippen LogP) is 3.10. The predicted molar refractivity (Wildman–Crippen MR) is 70.2 cm³/mol. The van der Waals surface area contributed by atoms with E-state index in [1.807, 2.05) is 0 Å². The number of esters is 1. The van der Waals surface area contributed by atoms with E-state index < -0.39 is 17.6 Å². The Kier molecular flexibility index (Phi) is 3.66. The first kappa shape index (κ1) is 13.7. The van der Waals surface area contributed by atoms with Crippen LogP contribution in [0, 0.1) is 11.6 Å². The van der Waals surface area contributed by atoms with Crippen molar-refractivity contribution in [3.05, 3.63) is 33.9 Å².